The van der Waals surface area contributed by atoms with E-state index in [1.54, 1.807) is 46.6 Å². The molecule has 254 valence electrons. The van der Waals surface area contributed by atoms with Gasteiger partial charge in [0.1, 0.15) is 0 Å². The SMILES string of the molecule is COc1cc2c(cc1OC)CN(CCc1ccc(-n3nnc(-c4cc(OC)c(OC)cc4NC(=O)c4ccc5ccccc5c4)n3)cc1)CC2. The minimum absolute atomic E-state index is 0.277. The molecule has 50 heavy (non-hydrogen) atoms. The average Bonchev–Trinajstić information content (AvgIpc) is 3.66. The van der Waals surface area contributed by atoms with Crippen molar-refractivity contribution in [3.05, 3.63) is 113 Å². The molecule has 1 aliphatic rings. The molecule has 11 nitrogen and oxygen atoms in total. The van der Waals surface area contributed by atoms with Crippen LogP contribution in [0.5, 0.6) is 23.0 Å². The van der Waals surface area contributed by atoms with E-state index in [4.69, 9.17) is 18.9 Å². The lowest BCUT2D eigenvalue weighted by Gasteiger charge is -2.29. The van der Waals surface area contributed by atoms with E-state index < -0.39 is 0 Å². The van der Waals surface area contributed by atoms with Crippen molar-refractivity contribution in [2.75, 3.05) is 46.8 Å². The molecule has 0 spiro atoms. The number of carbonyl (C=O) groups excluding carboxylic acids is 1. The Bertz CT molecular complexity index is 2160. The molecule has 2 heterocycles. The summed E-state index contributed by atoms with van der Waals surface area (Å²) in [7, 11) is 6.45. The van der Waals surface area contributed by atoms with Crippen LogP contribution in [0.15, 0.2) is 91.0 Å². The van der Waals surface area contributed by atoms with Crippen LogP contribution in [-0.4, -0.2) is 72.5 Å². The first-order chi connectivity index (χ1) is 24.5. The van der Waals surface area contributed by atoms with Gasteiger partial charge in [-0.15, -0.1) is 15.0 Å². The van der Waals surface area contributed by atoms with Crippen LogP contribution < -0.4 is 24.3 Å². The number of anilines is 1. The number of hydrogen-bond acceptors (Lipinski definition) is 9. The van der Waals surface area contributed by atoms with E-state index in [0.29, 0.717) is 34.1 Å². The van der Waals surface area contributed by atoms with Gasteiger partial charge in [-0.25, -0.2) is 0 Å². The molecule has 0 unspecified atom stereocenters. The molecule has 1 amide bonds. The first kappa shape index (κ1) is 32.6. The van der Waals surface area contributed by atoms with Crippen LogP contribution in [-0.2, 0) is 19.4 Å². The maximum atomic E-state index is 13.5. The molecule has 0 radical (unpaired) electrons. The number of amides is 1. The fourth-order valence-corrected chi connectivity index (χ4v) is 6.34. The van der Waals surface area contributed by atoms with E-state index in [1.165, 1.54) is 21.5 Å². The fourth-order valence-electron chi connectivity index (χ4n) is 6.34. The second-order valence-electron chi connectivity index (χ2n) is 12.1. The second-order valence-corrected chi connectivity index (χ2v) is 12.1. The van der Waals surface area contributed by atoms with Crippen LogP contribution in [0.1, 0.15) is 27.0 Å². The zero-order chi connectivity index (χ0) is 34.6. The molecular formula is C39H38N6O5. The number of hydrogen-bond donors (Lipinski definition) is 1. The number of nitrogens with zero attached hydrogens (tertiary/aromatic N) is 5. The number of methoxy groups -OCH3 is 4. The number of aromatic nitrogens is 4. The Hall–Kier alpha value is -5.94. The minimum atomic E-state index is -0.277. The summed E-state index contributed by atoms with van der Waals surface area (Å²) in [5, 5.41) is 18.4. The summed E-state index contributed by atoms with van der Waals surface area (Å²) in [4.78, 5) is 17.4. The van der Waals surface area contributed by atoms with Gasteiger partial charge in [-0.2, -0.15) is 0 Å². The van der Waals surface area contributed by atoms with Crippen molar-refractivity contribution in [2.45, 2.75) is 19.4 Å². The molecule has 0 saturated heterocycles. The lowest BCUT2D eigenvalue weighted by molar-refractivity contribution is 0.102. The lowest BCUT2D eigenvalue weighted by Crippen LogP contribution is -2.32. The summed E-state index contributed by atoms with van der Waals surface area (Å²) in [5.74, 6) is 2.53. The minimum Gasteiger partial charge on any atom is -0.493 e. The number of ether oxygens (including phenoxy) is 4. The zero-order valence-electron chi connectivity index (χ0n) is 28.5. The molecule has 7 rings (SSSR count). The third-order valence-electron chi connectivity index (χ3n) is 9.12. The van der Waals surface area contributed by atoms with E-state index in [0.717, 1.165) is 60.4 Å². The summed E-state index contributed by atoms with van der Waals surface area (Å²) < 4.78 is 22.1. The summed E-state index contributed by atoms with van der Waals surface area (Å²) in [6.07, 6.45) is 1.88. The molecule has 6 aromatic rings. The molecule has 0 fully saturated rings. The third kappa shape index (κ3) is 6.68. The normalized spacial score (nSPS) is 12.7. The number of fused-ring (bicyclic) bond motifs is 2. The van der Waals surface area contributed by atoms with Crippen LogP contribution >= 0.6 is 0 Å². The second kappa shape index (κ2) is 14.3. The van der Waals surface area contributed by atoms with E-state index in [-0.39, 0.29) is 5.91 Å². The molecule has 0 aliphatic carbocycles. The number of tetrazole rings is 1. The first-order valence-electron chi connectivity index (χ1n) is 16.4. The Balaban J connectivity index is 1.06. The van der Waals surface area contributed by atoms with Gasteiger partial charge in [0, 0.05) is 31.3 Å². The van der Waals surface area contributed by atoms with Crippen molar-refractivity contribution in [3.8, 4) is 40.1 Å². The van der Waals surface area contributed by atoms with Gasteiger partial charge in [0.2, 0.25) is 5.82 Å². The molecule has 0 atom stereocenters. The molecular weight excluding hydrogens is 632 g/mol. The Morgan fingerprint density at radius 2 is 1.44 bits per heavy atom. The monoisotopic (exact) mass is 670 g/mol. The largest absolute Gasteiger partial charge is 0.493 e. The standard InChI is InChI=1S/C39H38N6O5/c1-47-34-20-28-16-18-44(24-30(28)21-35(34)48-2)17-15-25-9-13-31(14-10-25)45-42-38(41-43-45)32-22-36(49-3)37(50-4)23-33(32)40-39(46)29-12-11-26-7-5-6-8-27(26)19-29/h5-14,19-23H,15-18,24H2,1-4H3,(H,40,46). The van der Waals surface area contributed by atoms with E-state index in [2.05, 4.69) is 49.9 Å². The highest BCUT2D eigenvalue weighted by molar-refractivity contribution is 6.08. The molecule has 0 saturated carbocycles. The molecule has 0 bridgehead atoms. The van der Waals surface area contributed by atoms with Crippen LogP contribution in [0, 0.1) is 0 Å². The summed E-state index contributed by atoms with van der Waals surface area (Å²) in [6, 6.07) is 29.3. The van der Waals surface area contributed by atoms with Gasteiger partial charge in [-0.05, 0) is 88.0 Å². The highest BCUT2D eigenvalue weighted by Gasteiger charge is 2.21. The van der Waals surface area contributed by atoms with Gasteiger partial charge in [0.25, 0.3) is 5.91 Å². The molecule has 5 aromatic carbocycles. The number of benzene rings is 5. The molecule has 1 aromatic heterocycles. The molecule has 1 aliphatic heterocycles. The summed E-state index contributed by atoms with van der Waals surface area (Å²) in [6.45, 7) is 2.80. The third-order valence-corrected chi connectivity index (χ3v) is 9.12. The topological polar surface area (TPSA) is 113 Å². The van der Waals surface area contributed by atoms with Crippen molar-refractivity contribution < 1.29 is 23.7 Å². The molecule has 1 N–H and O–H groups in total. The predicted octanol–water partition coefficient (Wildman–Crippen LogP) is 6.37. The highest BCUT2D eigenvalue weighted by Crippen LogP contribution is 2.38. The Labute approximate surface area is 290 Å². The van der Waals surface area contributed by atoms with Gasteiger partial charge in [0.15, 0.2) is 23.0 Å². The quantitative estimate of drug-likeness (QED) is 0.168. The highest BCUT2D eigenvalue weighted by atomic mass is 16.5. The van der Waals surface area contributed by atoms with Gasteiger partial charge < -0.3 is 24.3 Å². The van der Waals surface area contributed by atoms with E-state index >= 15 is 0 Å². The average molecular weight is 671 g/mol. The van der Waals surface area contributed by atoms with E-state index in [1.807, 2.05) is 48.5 Å². The Kier molecular flexibility index (Phi) is 9.30. The summed E-state index contributed by atoms with van der Waals surface area (Å²) in [5.41, 5.74) is 6.10. The first-order valence-corrected chi connectivity index (χ1v) is 16.4. The zero-order valence-corrected chi connectivity index (χ0v) is 28.5. The van der Waals surface area contributed by atoms with Crippen molar-refractivity contribution in [2.24, 2.45) is 0 Å². The number of nitrogens with one attached hydrogen (secondary N) is 1. The van der Waals surface area contributed by atoms with Crippen LogP contribution in [0.4, 0.5) is 5.69 Å². The smallest absolute Gasteiger partial charge is 0.255 e. The Morgan fingerprint density at radius 3 is 2.18 bits per heavy atom. The van der Waals surface area contributed by atoms with Crippen LogP contribution in [0.25, 0.3) is 27.8 Å². The van der Waals surface area contributed by atoms with Gasteiger partial charge >= 0.3 is 0 Å². The maximum Gasteiger partial charge on any atom is 0.255 e. The van der Waals surface area contributed by atoms with E-state index in [9.17, 15) is 4.79 Å². The Morgan fingerprint density at radius 1 is 0.760 bits per heavy atom. The van der Waals surface area contributed by atoms with Gasteiger partial charge in [0.05, 0.1) is 45.4 Å². The number of rotatable bonds is 11. The van der Waals surface area contributed by atoms with Crippen molar-refractivity contribution in [1.82, 2.24) is 25.1 Å². The van der Waals surface area contributed by atoms with Gasteiger partial charge in [-0.3, -0.25) is 9.69 Å². The maximum absolute atomic E-state index is 13.5. The summed E-state index contributed by atoms with van der Waals surface area (Å²) >= 11 is 0. The van der Waals surface area contributed by atoms with Gasteiger partial charge in [-0.1, -0.05) is 42.5 Å². The fraction of sp³-hybridized carbons (Fsp3) is 0.231. The van der Waals surface area contributed by atoms with Crippen molar-refractivity contribution >= 4 is 22.4 Å². The van der Waals surface area contributed by atoms with Crippen LogP contribution in [0.3, 0.4) is 0 Å². The van der Waals surface area contributed by atoms with Crippen molar-refractivity contribution in [3.63, 3.8) is 0 Å². The molecule has 11 heteroatoms. The van der Waals surface area contributed by atoms with Crippen molar-refractivity contribution in [1.29, 1.82) is 0 Å². The predicted molar refractivity (Wildman–Crippen MR) is 192 cm³/mol. The number of carbonyl (C=O) groups is 1. The lowest BCUT2D eigenvalue weighted by atomic mass is 9.98. The van der Waals surface area contributed by atoms with Crippen LogP contribution in [0.2, 0.25) is 0 Å².